The maximum Gasteiger partial charge on any atom is 0.415 e. The number of rotatable bonds is 10. The van der Waals surface area contributed by atoms with Crippen LogP contribution in [0.4, 0.5) is 26.3 Å². The number of alkyl halides is 6. The average molecular weight is 557 g/mol. The summed E-state index contributed by atoms with van der Waals surface area (Å²) in [6, 6.07) is 19.5. The zero-order valence-corrected chi connectivity index (χ0v) is 22.1. The Balaban J connectivity index is 1.37. The molecule has 2 saturated heterocycles. The summed E-state index contributed by atoms with van der Waals surface area (Å²) in [4.78, 5) is 3.25. The fourth-order valence-corrected chi connectivity index (χ4v) is 5.98. The fourth-order valence-electron chi connectivity index (χ4n) is 5.98. The molecule has 2 heterocycles. The van der Waals surface area contributed by atoms with E-state index in [1.165, 1.54) is 0 Å². The molecule has 2 aromatic rings. The summed E-state index contributed by atoms with van der Waals surface area (Å²) in [6.07, 6.45) is -10.1. The number of nitrogens with zero attached hydrogens (tertiary/aromatic N) is 2. The number of benzene rings is 2. The molecular formula is C30H38F6N2O. The van der Waals surface area contributed by atoms with Crippen molar-refractivity contribution in [3.63, 3.8) is 0 Å². The van der Waals surface area contributed by atoms with E-state index < -0.39 is 37.7 Å². The van der Waals surface area contributed by atoms with Crippen LogP contribution in [0.2, 0.25) is 0 Å². The zero-order chi connectivity index (χ0) is 27.9. The number of hydrogen-bond donors (Lipinski definition) is 0. The molecule has 39 heavy (non-hydrogen) atoms. The lowest BCUT2D eigenvalue weighted by atomic mass is 9.91. The van der Waals surface area contributed by atoms with E-state index in [1.807, 2.05) is 60.7 Å². The molecule has 2 aliphatic heterocycles. The first-order chi connectivity index (χ1) is 18.6. The minimum Gasteiger partial charge on any atom is -0.353 e. The number of hydrogen-bond acceptors (Lipinski definition) is 3. The highest BCUT2D eigenvalue weighted by Gasteiger charge is 2.50. The van der Waals surface area contributed by atoms with Crippen molar-refractivity contribution in [2.24, 2.45) is 11.8 Å². The van der Waals surface area contributed by atoms with Gasteiger partial charge in [0.05, 0.1) is 0 Å². The summed E-state index contributed by atoms with van der Waals surface area (Å²) in [5.41, 5.74) is 2.22. The van der Waals surface area contributed by atoms with Crippen molar-refractivity contribution in [3.8, 4) is 0 Å². The van der Waals surface area contributed by atoms with Gasteiger partial charge in [-0.1, -0.05) is 60.7 Å². The molecule has 4 rings (SSSR count). The largest absolute Gasteiger partial charge is 0.415 e. The molecule has 0 bridgehead atoms. The number of likely N-dealkylation sites (tertiary alicyclic amines) is 2. The van der Waals surface area contributed by atoms with E-state index in [4.69, 9.17) is 4.74 Å². The maximum absolute atomic E-state index is 14.0. The molecular weight excluding hydrogens is 518 g/mol. The average Bonchev–Trinajstić information content (AvgIpc) is 2.88. The molecule has 216 valence electrons. The van der Waals surface area contributed by atoms with Gasteiger partial charge < -0.3 is 14.5 Å². The lowest BCUT2D eigenvalue weighted by molar-refractivity contribution is -0.291. The molecule has 0 unspecified atom stereocenters. The quantitative estimate of drug-likeness (QED) is 0.300. The van der Waals surface area contributed by atoms with Crippen molar-refractivity contribution in [1.29, 1.82) is 0 Å². The van der Waals surface area contributed by atoms with Gasteiger partial charge in [-0.15, -0.1) is 0 Å². The molecule has 4 atom stereocenters. The Hall–Kier alpha value is -2.10. The molecule has 0 aliphatic carbocycles. The summed E-state index contributed by atoms with van der Waals surface area (Å²) in [7, 11) is 0. The van der Waals surface area contributed by atoms with E-state index in [0.717, 1.165) is 36.8 Å². The predicted octanol–water partition coefficient (Wildman–Crippen LogP) is 6.77. The van der Waals surface area contributed by atoms with E-state index in [-0.39, 0.29) is 11.8 Å². The van der Waals surface area contributed by atoms with Gasteiger partial charge in [0.2, 0.25) is 0 Å². The van der Waals surface area contributed by atoms with Crippen LogP contribution in [0.5, 0.6) is 0 Å². The fraction of sp³-hybridized carbons (Fsp3) is 0.600. The molecule has 2 fully saturated rings. The Morgan fingerprint density at radius 3 is 1.38 bits per heavy atom. The SMILES string of the molecule is FC(F)(F)[C@H](CN1CCC[C@@H](Cc2ccccc2)C1)O[C@@H](CN1CCC[C@@H](Cc2ccccc2)C1)C(F)(F)F. The van der Waals surface area contributed by atoms with E-state index >= 15 is 0 Å². The van der Waals surface area contributed by atoms with E-state index in [2.05, 4.69) is 0 Å². The van der Waals surface area contributed by atoms with Gasteiger partial charge >= 0.3 is 12.4 Å². The van der Waals surface area contributed by atoms with Gasteiger partial charge in [0.15, 0.2) is 12.2 Å². The number of piperidine rings is 2. The maximum atomic E-state index is 14.0. The second-order valence-corrected chi connectivity index (χ2v) is 11.1. The third-order valence-corrected chi connectivity index (χ3v) is 7.85. The van der Waals surface area contributed by atoms with Crippen LogP contribution in [0.25, 0.3) is 0 Å². The first-order valence-corrected chi connectivity index (χ1v) is 13.9. The molecule has 0 amide bonds. The Kier molecular flexibility index (Phi) is 10.3. The van der Waals surface area contributed by atoms with Crippen LogP contribution in [0.1, 0.15) is 36.8 Å². The van der Waals surface area contributed by atoms with Crippen LogP contribution in [0.15, 0.2) is 60.7 Å². The summed E-state index contributed by atoms with van der Waals surface area (Å²) in [6.45, 7) is 0.496. The second kappa shape index (κ2) is 13.5. The standard InChI is InChI=1S/C30H38F6N2O/c31-29(32,33)27(21-37-15-7-13-25(19-37)17-23-9-3-1-4-10-23)39-28(30(34,35)36)22-38-16-8-14-26(20-38)18-24-11-5-2-6-12-24/h1-6,9-12,25-28H,7-8,13-22H2/t25-,26-,27-,28-/m0/s1. The Labute approximate surface area is 227 Å². The van der Waals surface area contributed by atoms with Crippen molar-refractivity contribution in [1.82, 2.24) is 9.80 Å². The smallest absolute Gasteiger partial charge is 0.353 e. The highest BCUT2D eigenvalue weighted by molar-refractivity contribution is 5.16. The van der Waals surface area contributed by atoms with Gasteiger partial charge in [-0.25, -0.2) is 0 Å². The zero-order valence-electron chi connectivity index (χ0n) is 22.1. The first-order valence-electron chi connectivity index (χ1n) is 13.9. The highest BCUT2D eigenvalue weighted by atomic mass is 19.4. The molecule has 0 spiro atoms. The van der Waals surface area contributed by atoms with Crippen LogP contribution in [-0.4, -0.2) is 73.6 Å². The molecule has 0 aromatic heterocycles. The van der Waals surface area contributed by atoms with Crippen LogP contribution >= 0.6 is 0 Å². The van der Waals surface area contributed by atoms with Gasteiger partial charge in [0.25, 0.3) is 0 Å². The lowest BCUT2D eigenvalue weighted by Gasteiger charge is -2.39. The van der Waals surface area contributed by atoms with Gasteiger partial charge in [-0.3, -0.25) is 0 Å². The number of ether oxygens (including phenoxy) is 1. The number of halogens is 6. The minimum atomic E-state index is -4.90. The first kappa shape index (κ1) is 29.9. The van der Waals surface area contributed by atoms with E-state index in [0.29, 0.717) is 39.0 Å². The van der Waals surface area contributed by atoms with E-state index in [1.54, 1.807) is 9.80 Å². The summed E-state index contributed by atoms with van der Waals surface area (Å²) in [5, 5.41) is 0. The molecule has 9 heteroatoms. The Bertz CT molecular complexity index is 905. The molecule has 0 N–H and O–H groups in total. The Morgan fingerprint density at radius 2 is 1.03 bits per heavy atom. The Morgan fingerprint density at radius 1 is 0.641 bits per heavy atom. The predicted molar refractivity (Wildman–Crippen MR) is 139 cm³/mol. The summed E-state index contributed by atoms with van der Waals surface area (Å²) >= 11 is 0. The topological polar surface area (TPSA) is 15.7 Å². The third-order valence-electron chi connectivity index (χ3n) is 7.85. The summed E-state index contributed by atoms with van der Waals surface area (Å²) < 4.78 is 89.1. The van der Waals surface area contributed by atoms with Crippen molar-refractivity contribution in [3.05, 3.63) is 71.8 Å². The normalized spacial score (nSPS) is 23.4. The third kappa shape index (κ3) is 9.50. The lowest BCUT2D eigenvalue weighted by Crippen LogP contribution is -2.53. The van der Waals surface area contributed by atoms with Crippen molar-refractivity contribution in [2.75, 3.05) is 39.3 Å². The monoisotopic (exact) mass is 556 g/mol. The second-order valence-electron chi connectivity index (χ2n) is 11.1. The molecule has 2 aromatic carbocycles. The van der Waals surface area contributed by atoms with Gasteiger partial charge in [0.1, 0.15) is 0 Å². The van der Waals surface area contributed by atoms with Gasteiger partial charge in [-0.05, 0) is 74.6 Å². The van der Waals surface area contributed by atoms with Crippen molar-refractivity contribution < 1.29 is 31.1 Å². The van der Waals surface area contributed by atoms with Gasteiger partial charge in [0, 0.05) is 26.2 Å². The molecule has 0 saturated carbocycles. The van der Waals surface area contributed by atoms with Crippen LogP contribution in [0, 0.1) is 11.8 Å². The van der Waals surface area contributed by atoms with Crippen LogP contribution in [0.3, 0.4) is 0 Å². The molecule has 3 nitrogen and oxygen atoms in total. The van der Waals surface area contributed by atoms with Crippen molar-refractivity contribution >= 4 is 0 Å². The molecule has 0 radical (unpaired) electrons. The van der Waals surface area contributed by atoms with Crippen molar-refractivity contribution in [2.45, 2.75) is 63.1 Å². The highest BCUT2D eigenvalue weighted by Crippen LogP contribution is 2.33. The van der Waals surface area contributed by atoms with Crippen LogP contribution < -0.4 is 0 Å². The van der Waals surface area contributed by atoms with Gasteiger partial charge in [-0.2, -0.15) is 26.3 Å². The van der Waals surface area contributed by atoms with Crippen LogP contribution in [-0.2, 0) is 17.6 Å². The molecule has 2 aliphatic rings. The summed E-state index contributed by atoms with van der Waals surface area (Å²) in [5.74, 6) is 0.312. The minimum absolute atomic E-state index is 0.156. The van der Waals surface area contributed by atoms with E-state index in [9.17, 15) is 26.3 Å².